The van der Waals surface area contributed by atoms with Crippen molar-refractivity contribution in [3.05, 3.63) is 210 Å². The normalized spacial score (nSPS) is 13.4. The third-order valence-electron chi connectivity index (χ3n) is 11.8. The zero-order valence-corrected chi connectivity index (χ0v) is 29.6. The van der Waals surface area contributed by atoms with Gasteiger partial charge in [0.05, 0.1) is 15.8 Å². The summed E-state index contributed by atoms with van der Waals surface area (Å²) in [6.07, 6.45) is 0. The summed E-state index contributed by atoms with van der Waals surface area (Å²) >= 11 is 1.90. The average molecular weight is 690 g/mol. The zero-order valence-electron chi connectivity index (χ0n) is 28.8. The molecule has 2 aliphatic rings. The van der Waals surface area contributed by atoms with Gasteiger partial charge in [-0.2, -0.15) is 0 Å². The highest BCUT2D eigenvalue weighted by atomic mass is 32.1. The van der Waals surface area contributed by atoms with Crippen molar-refractivity contribution in [3.63, 3.8) is 0 Å². The number of rotatable bonds is 3. The summed E-state index contributed by atoms with van der Waals surface area (Å²) in [7, 11) is 0. The van der Waals surface area contributed by atoms with E-state index in [1.807, 2.05) is 11.3 Å². The number of hydrogen-bond donors (Lipinski definition) is 0. The fourth-order valence-electron chi connectivity index (χ4n) is 9.69. The second kappa shape index (κ2) is 10.8. The largest absolute Gasteiger partial charge is 0.309 e. The van der Waals surface area contributed by atoms with Crippen molar-refractivity contribution < 1.29 is 0 Å². The van der Waals surface area contributed by atoms with E-state index in [0.717, 1.165) is 11.4 Å². The first-order chi connectivity index (χ1) is 26.3. The predicted molar refractivity (Wildman–Crippen MR) is 225 cm³/mol. The van der Waals surface area contributed by atoms with E-state index >= 15 is 0 Å². The lowest BCUT2D eigenvalue weighted by molar-refractivity contribution is 0.793. The van der Waals surface area contributed by atoms with E-state index in [-0.39, 0.29) is 0 Å². The number of thiophene rings is 1. The summed E-state index contributed by atoms with van der Waals surface area (Å²) in [6.45, 7) is 0. The maximum Gasteiger partial charge on any atom is 0.0726 e. The summed E-state index contributed by atoms with van der Waals surface area (Å²) in [6, 6.07) is 70.3. The van der Waals surface area contributed by atoms with Crippen LogP contribution in [0.2, 0.25) is 0 Å². The number of benzene rings is 9. The maximum absolute atomic E-state index is 2.53. The minimum Gasteiger partial charge on any atom is -0.309 e. The van der Waals surface area contributed by atoms with Crippen LogP contribution < -0.4 is 4.90 Å². The highest BCUT2D eigenvalue weighted by Crippen LogP contribution is 2.63. The fourth-order valence-corrected chi connectivity index (χ4v) is 10.9. The molecule has 0 N–H and O–H groups in total. The molecule has 0 aliphatic heterocycles. The Morgan fingerprint density at radius 2 is 0.906 bits per heavy atom. The molecule has 0 amide bonds. The lowest BCUT2D eigenvalue weighted by Gasteiger charge is -2.32. The second-order valence-electron chi connectivity index (χ2n) is 14.4. The molecule has 2 heteroatoms. The van der Waals surface area contributed by atoms with Crippen molar-refractivity contribution >= 4 is 70.1 Å². The highest BCUT2D eigenvalue weighted by Gasteiger charge is 2.51. The molecule has 1 nitrogen and oxygen atoms in total. The lowest BCUT2D eigenvalue weighted by atomic mass is 9.70. The zero-order chi connectivity index (χ0) is 34.7. The topological polar surface area (TPSA) is 3.24 Å². The van der Waals surface area contributed by atoms with Gasteiger partial charge in [-0.1, -0.05) is 152 Å². The highest BCUT2D eigenvalue weighted by molar-refractivity contribution is 7.26. The van der Waals surface area contributed by atoms with Crippen LogP contribution in [0.25, 0.3) is 64.0 Å². The molecule has 0 bridgehead atoms. The first-order valence-electron chi connectivity index (χ1n) is 18.3. The summed E-state index contributed by atoms with van der Waals surface area (Å²) in [5.41, 5.74) is 13.8. The quantitative estimate of drug-likeness (QED) is 0.178. The van der Waals surface area contributed by atoms with Crippen molar-refractivity contribution in [2.24, 2.45) is 0 Å². The van der Waals surface area contributed by atoms with Gasteiger partial charge in [-0.05, 0) is 102 Å². The number of fused-ring (bicyclic) bond motifs is 16. The van der Waals surface area contributed by atoms with Gasteiger partial charge in [-0.25, -0.2) is 0 Å². The molecule has 10 aromatic rings. The predicted octanol–water partition coefficient (Wildman–Crippen LogP) is 14.2. The molecule has 1 aromatic heterocycles. The molecule has 0 saturated heterocycles. The van der Waals surface area contributed by atoms with Crippen LogP contribution in [0, 0.1) is 0 Å². The molecule has 246 valence electrons. The molecule has 0 unspecified atom stereocenters. The van der Waals surface area contributed by atoms with Crippen LogP contribution in [0.4, 0.5) is 17.1 Å². The monoisotopic (exact) mass is 689 g/mol. The van der Waals surface area contributed by atoms with Gasteiger partial charge in [0.2, 0.25) is 0 Å². The van der Waals surface area contributed by atoms with Crippen LogP contribution >= 0.6 is 11.3 Å². The minimum atomic E-state index is -0.416. The van der Waals surface area contributed by atoms with Crippen LogP contribution in [0.3, 0.4) is 0 Å². The van der Waals surface area contributed by atoms with Crippen molar-refractivity contribution in [2.75, 3.05) is 4.90 Å². The fraction of sp³-hybridized carbons (Fsp3) is 0.0196. The van der Waals surface area contributed by atoms with E-state index in [0.29, 0.717) is 0 Å². The van der Waals surface area contributed by atoms with Crippen molar-refractivity contribution in [3.8, 4) is 22.3 Å². The van der Waals surface area contributed by atoms with E-state index < -0.39 is 5.41 Å². The van der Waals surface area contributed by atoms with Gasteiger partial charge in [0.25, 0.3) is 0 Å². The van der Waals surface area contributed by atoms with Gasteiger partial charge in [0, 0.05) is 26.8 Å². The molecule has 0 fully saturated rings. The molecule has 53 heavy (non-hydrogen) atoms. The molecule has 1 heterocycles. The molecule has 0 saturated carbocycles. The third-order valence-corrected chi connectivity index (χ3v) is 13.0. The minimum absolute atomic E-state index is 0.416. The lowest BCUT2D eigenvalue weighted by Crippen LogP contribution is -2.26. The number of anilines is 3. The van der Waals surface area contributed by atoms with Crippen molar-refractivity contribution in [1.29, 1.82) is 0 Å². The van der Waals surface area contributed by atoms with Gasteiger partial charge < -0.3 is 4.90 Å². The Kier molecular flexibility index (Phi) is 5.92. The number of hydrogen-bond acceptors (Lipinski definition) is 2. The van der Waals surface area contributed by atoms with E-state index in [9.17, 15) is 0 Å². The van der Waals surface area contributed by atoms with Crippen LogP contribution in [0.15, 0.2) is 188 Å². The van der Waals surface area contributed by atoms with E-state index in [4.69, 9.17) is 0 Å². The Bertz CT molecular complexity index is 3080. The van der Waals surface area contributed by atoms with Crippen molar-refractivity contribution in [1.82, 2.24) is 0 Å². The Hall–Kier alpha value is -6.48. The molecule has 2 aliphatic carbocycles. The van der Waals surface area contributed by atoms with Crippen LogP contribution in [-0.4, -0.2) is 0 Å². The van der Waals surface area contributed by atoms with Gasteiger partial charge in [-0.15, -0.1) is 11.3 Å². The summed E-state index contributed by atoms with van der Waals surface area (Å²) < 4.78 is 2.61. The standard InChI is InChI=1S/C51H31NS/c1-2-14-33-29-35(26-25-32(33)13-1)52(47-30-34-15-3-4-16-37(34)49-42-20-8-12-24-48(42)53-50(47)49)36-27-28-41-40-19-7-11-23-45(40)51(46(41)31-36)43-21-9-5-17-38(43)39-18-6-10-22-44(39)51/h1-31H. The SMILES string of the molecule is c1ccc2c(c1)-c1ccccc1C21c2ccccc2-c2ccc(N(c3ccc4ccccc4c3)c3cc4ccccc4c4c3sc3ccccc34)cc21. The van der Waals surface area contributed by atoms with E-state index in [1.54, 1.807) is 0 Å². The summed E-state index contributed by atoms with van der Waals surface area (Å²) in [5, 5.41) is 7.65. The molecule has 1 spiro atoms. The van der Waals surface area contributed by atoms with Crippen molar-refractivity contribution in [2.45, 2.75) is 5.41 Å². The molecule has 9 aromatic carbocycles. The van der Waals surface area contributed by atoms with Crippen LogP contribution in [0.5, 0.6) is 0 Å². The summed E-state index contributed by atoms with van der Waals surface area (Å²) in [4.78, 5) is 2.53. The number of nitrogens with zero attached hydrogens (tertiary/aromatic N) is 1. The Balaban J connectivity index is 1.20. The Morgan fingerprint density at radius 1 is 0.377 bits per heavy atom. The smallest absolute Gasteiger partial charge is 0.0726 e. The Morgan fingerprint density at radius 3 is 1.62 bits per heavy atom. The average Bonchev–Trinajstić information content (AvgIpc) is 3.86. The van der Waals surface area contributed by atoms with Gasteiger partial charge in [-0.3, -0.25) is 0 Å². The Labute approximate surface area is 311 Å². The molecule has 0 radical (unpaired) electrons. The third kappa shape index (κ3) is 3.86. The first kappa shape index (κ1) is 29.1. The van der Waals surface area contributed by atoms with Gasteiger partial charge >= 0.3 is 0 Å². The maximum atomic E-state index is 2.53. The van der Waals surface area contributed by atoms with Gasteiger partial charge in [0.15, 0.2) is 0 Å². The van der Waals surface area contributed by atoms with Gasteiger partial charge in [0.1, 0.15) is 0 Å². The molecular weight excluding hydrogens is 659 g/mol. The van der Waals surface area contributed by atoms with Crippen LogP contribution in [0.1, 0.15) is 22.3 Å². The second-order valence-corrected chi connectivity index (χ2v) is 15.5. The van der Waals surface area contributed by atoms with E-state index in [1.165, 1.54) is 91.9 Å². The van der Waals surface area contributed by atoms with E-state index in [2.05, 4.69) is 193 Å². The molecule has 0 atom stereocenters. The molecule has 12 rings (SSSR count). The summed E-state index contributed by atoms with van der Waals surface area (Å²) in [5.74, 6) is 0. The first-order valence-corrected chi connectivity index (χ1v) is 19.2. The van der Waals surface area contributed by atoms with Crippen LogP contribution in [-0.2, 0) is 5.41 Å². The molecular formula is C51H31NS.